The van der Waals surface area contributed by atoms with Crippen molar-refractivity contribution in [1.29, 1.82) is 0 Å². The summed E-state index contributed by atoms with van der Waals surface area (Å²) in [7, 11) is 0. The summed E-state index contributed by atoms with van der Waals surface area (Å²) in [5, 5.41) is 11.8. The first kappa shape index (κ1) is 11.3. The highest BCUT2D eigenvalue weighted by Crippen LogP contribution is 2.05. The molecule has 0 aliphatic carbocycles. The average Bonchev–Trinajstić information content (AvgIpc) is 2.77. The van der Waals surface area contributed by atoms with E-state index in [4.69, 9.17) is 5.11 Å². The van der Waals surface area contributed by atoms with Crippen LogP contribution in [0.1, 0.15) is 5.82 Å². The van der Waals surface area contributed by atoms with Crippen molar-refractivity contribution in [2.75, 3.05) is 5.32 Å². The van der Waals surface area contributed by atoms with Gasteiger partial charge in [-0.25, -0.2) is 4.98 Å². The van der Waals surface area contributed by atoms with Gasteiger partial charge in [-0.2, -0.15) is 0 Å². The van der Waals surface area contributed by atoms with E-state index in [1.165, 1.54) is 0 Å². The first-order valence-electron chi connectivity index (χ1n) is 5.25. The summed E-state index contributed by atoms with van der Waals surface area (Å²) in [6.07, 6.45) is 3.22. The molecule has 0 aliphatic heterocycles. The highest BCUT2D eigenvalue weighted by Gasteiger charge is 2.06. The van der Waals surface area contributed by atoms with Gasteiger partial charge < -0.3 is 15.0 Å². The number of nitrogens with zero attached hydrogens (tertiary/aromatic N) is 2. The number of hydrogen-bond acceptors (Lipinski definition) is 3. The molecule has 0 unspecified atom stereocenters. The highest BCUT2D eigenvalue weighted by atomic mass is 16.3. The number of hydrogen-bond donors (Lipinski definition) is 2. The molecule has 0 aliphatic rings. The Hall–Kier alpha value is -2.14. The molecule has 1 amide bonds. The van der Waals surface area contributed by atoms with Crippen molar-refractivity contribution in [3.63, 3.8) is 0 Å². The fourth-order valence-corrected chi connectivity index (χ4v) is 1.51. The van der Waals surface area contributed by atoms with E-state index in [0.29, 0.717) is 5.82 Å². The highest BCUT2D eigenvalue weighted by molar-refractivity contribution is 5.90. The van der Waals surface area contributed by atoms with Gasteiger partial charge in [0.2, 0.25) is 5.91 Å². The van der Waals surface area contributed by atoms with Crippen molar-refractivity contribution in [2.45, 2.75) is 13.2 Å². The second-order valence-electron chi connectivity index (χ2n) is 3.54. The van der Waals surface area contributed by atoms with E-state index in [1.54, 1.807) is 17.0 Å². The van der Waals surface area contributed by atoms with E-state index in [2.05, 4.69) is 10.3 Å². The van der Waals surface area contributed by atoms with Gasteiger partial charge in [0.1, 0.15) is 19.0 Å². The van der Waals surface area contributed by atoms with Crippen LogP contribution in [0.2, 0.25) is 0 Å². The minimum Gasteiger partial charge on any atom is -0.388 e. The molecule has 0 fully saturated rings. The lowest BCUT2D eigenvalue weighted by molar-refractivity contribution is -0.116. The van der Waals surface area contributed by atoms with Crippen LogP contribution in [-0.4, -0.2) is 20.6 Å². The second kappa shape index (κ2) is 5.27. The van der Waals surface area contributed by atoms with Gasteiger partial charge in [-0.1, -0.05) is 18.2 Å². The predicted molar refractivity (Wildman–Crippen MR) is 63.2 cm³/mol. The fraction of sp³-hybridized carbons (Fsp3) is 0.167. The number of nitrogens with one attached hydrogen (secondary N) is 1. The molecule has 0 spiro atoms. The van der Waals surface area contributed by atoms with E-state index >= 15 is 0 Å². The van der Waals surface area contributed by atoms with Gasteiger partial charge in [-0.05, 0) is 12.1 Å². The number of para-hydroxylation sites is 1. The monoisotopic (exact) mass is 231 g/mol. The fourth-order valence-electron chi connectivity index (χ4n) is 1.51. The van der Waals surface area contributed by atoms with Crippen LogP contribution in [0.3, 0.4) is 0 Å². The summed E-state index contributed by atoms with van der Waals surface area (Å²) >= 11 is 0. The molecule has 1 heterocycles. The van der Waals surface area contributed by atoms with E-state index in [0.717, 1.165) is 5.69 Å². The quantitative estimate of drug-likeness (QED) is 0.825. The predicted octanol–water partition coefficient (Wildman–Crippen LogP) is 1.01. The van der Waals surface area contributed by atoms with Crippen LogP contribution in [0.25, 0.3) is 0 Å². The number of amides is 1. The number of benzene rings is 1. The summed E-state index contributed by atoms with van der Waals surface area (Å²) in [6, 6.07) is 9.23. The molecule has 1 aromatic carbocycles. The lowest BCUT2D eigenvalue weighted by Crippen LogP contribution is -2.19. The van der Waals surface area contributed by atoms with Crippen LogP contribution in [0.15, 0.2) is 42.7 Å². The van der Waals surface area contributed by atoms with Crippen molar-refractivity contribution in [3.8, 4) is 0 Å². The Bertz CT molecular complexity index is 493. The van der Waals surface area contributed by atoms with Crippen LogP contribution in [0, 0.1) is 0 Å². The minimum absolute atomic E-state index is 0.144. The van der Waals surface area contributed by atoms with E-state index in [9.17, 15) is 4.79 Å². The number of aromatic nitrogens is 2. The van der Waals surface area contributed by atoms with Crippen molar-refractivity contribution < 1.29 is 9.90 Å². The molecule has 0 bridgehead atoms. The second-order valence-corrected chi connectivity index (χ2v) is 3.54. The summed E-state index contributed by atoms with van der Waals surface area (Å²) in [4.78, 5) is 15.6. The third-order valence-corrected chi connectivity index (χ3v) is 2.31. The molecule has 0 saturated carbocycles. The van der Waals surface area contributed by atoms with Crippen molar-refractivity contribution in [2.24, 2.45) is 0 Å². The molecule has 0 atom stereocenters. The van der Waals surface area contributed by atoms with Crippen LogP contribution >= 0.6 is 0 Å². The van der Waals surface area contributed by atoms with Crippen molar-refractivity contribution in [1.82, 2.24) is 9.55 Å². The van der Waals surface area contributed by atoms with E-state index in [-0.39, 0.29) is 19.1 Å². The molecule has 17 heavy (non-hydrogen) atoms. The molecule has 5 nitrogen and oxygen atoms in total. The normalized spacial score (nSPS) is 10.2. The van der Waals surface area contributed by atoms with E-state index < -0.39 is 0 Å². The van der Waals surface area contributed by atoms with Gasteiger partial charge in [0.05, 0.1) is 0 Å². The maximum Gasteiger partial charge on any atom is 0.244 e. The Morgan fingerprint density at radius 3 is 2.82 bits per heavy atom. The van der Waals surface area contributed by atoms with Crippen molar-refractivity contribution >= 4 is 11.6 Å². The van der Waals surface area contributed by atoms with Gasteiger partial charge in [-0.15, -0.1) is 0 Å². The zero-order chi connectivity index (χ0) is 12.1. The molecule has 5 heteroatoms. The summed E-state index contributed by atoms with van der Waals surface area (Å²) < 4.78 is 1.61. The van der Waals surface area contributed by atoms with Crippen LogP contribution in [0.4, 0.5) is 5.69 Å². The van der Waals surface area contributed by atoms with Gasteiger partial charge in [0.15, 0.2) is 0 Å². The Labute approximate surface area is 98.7 Å². The third-order valence-electron chi connectivity index (χ3n) is 2.31. The molecule has 2 rings (SSSR count). The lowest BCUT2D eigenvalue weighted by Gasteiger charge is -2.07. The maximum atomic E-state index is 11.7. The van der Waals surface area contributed by atoms with Gasteiger partial charge in [-0.3, -0.25) is 4.79 Å². The molecule has 1 aromatic heterocycles. The number of carbonyl (C=O) groups excluding carboxylic acids is 1. The van der Waals surface area contributed by atoms with Crippen LogP contribution in [-0.2, 0) is 17.9 Å². The number of aliphatic hydroxyl groups excluding tert-OH is 1. The molecular formula is C12H13N3O2. The first-order chi connectivity index (χ1) is 8.29. The Morgan fingerprint density at radius 2 is 2.12 bits per heavy atom. The molecular weight excluding hydrogens is 218 g/mol. The number of imidazole rings is 1. The molecule has 88 valence electrons. The summed E-state index contributed by atoms with van der Waals surface area (Å²) in [6.45, 7) is -0.0313. The zero-order valence-corrected chi connectivity index (χ0v) is 9.21. The average molecular weight is 231 g/mol. The Kier molecular flexibility index (Phi) is 3.52. The summed E-state index contributed by atoms with van der Waals surface area (Å²) in [5.41, 5.74) is 0.753. The first-order valence-corrected chi connectivity index (χ1v) is 5.25. The maximum absolute atomic E-state index is 11.7. The molecule has 2 aromatic rings. The molecule has 2 N–H and O–H groups in total. The standard InChI is InChI=1S/C12H13N3O2/c16-9-11-13-6-7-15(11)8-12(17)14-10-4-2-1-3-5-10/h1-7,16H,8-9H2,(H,14,17). The van der Waals surface area contributed by atoms with E-state index in [1.807, 2.05) is 30.3 Å². The Balaban J connectivity index is 1.98. The number of carbonyl (C=O) groups is 1. The smallest absolute Gasteiger partial charge is 0.244 e. The number of aliphatic hydroxyl groups is 1. The molecule has 0 saturated heterocycles. The SMILES string of the molecule is O=C(Cn1ccnc1CO)Nc1ccccc1. The van der Waals surface area contributed by atoms with Crippen molar-refractivity contribution in [3.05, 3.63) is 48.5 Å². The van der Waals surface area contributed by atoms with Crippen LogP contribution in [0.5, 0.6) is 0 Å². The van der Waals surface area contributed by atoms with Crippen LogP contribution < -0.4 is 5.32 Å². The zero-order valence-electron chi connectivity index (χ0n) is 9.21. The van der Waals surface area contributed by atoms with Gasteiger partial charge in [0.25, 0.3) is 0 Å². The number of anilines is 1. The topological polar surface area (TPSA) is 67.2 Å². The van der Waals surface area contributed by atoms with Gasteiger partial charge >= 0.3 is 0 Å². The molecule has 0 radical (unpaired) electrons. The summed E-state index contributed by atoms with van der Waals surface area (Å²) in [5.74, 6) is 0.331. The minimum atomic E-state index is -0.175. The van der Waals surface area contributed by atoms with Gasteiger partial charge in [0, 0.05) is 18.1 Å². The largest absolute Gasteiger partial charge is 0.388 e. The third kappa shape index (κ3) is 2.92. The number of rotatable bonds is 4. The Morgan fingerprint density at radius 1 is 1.35 bits per heavy atom. The lowest BCUT2D eigenvalue weighted by atomic mass is 10.3.